The minimum atomic E-state index is -3.53. The first-order valence-electron chi connectivity index (χ1n) is 10.7. The number of amides is 3. The van der Waals surface area contributed by atoms with Crippen LogP contribution in [-0.2, 0) is 26.8 Å². The molecule has 0 bridgehead atoms. The Balaban J connectivity index is 1.62. The Morgan fingerprint density at radius 1 is 1.09 bits per heavy atom. The summed E-state index contributed by atoms with van der Waals surface area (Å²) in [6.45, 7) is 2.68. The molecule has 0 saturated carbocycles. The third-order valence-corrected chi connectivity index (χ3v) is 8.14. The molecule has 0 aromatic heterocycles. The van der Waals surface area contributed by atoms with E-state index in [1.165, 1.54) is 23.3 Å². The van der Waals surface area contributed by atoms with E-state index in [1.54, 1.807) is 18.2 Å². The molecule has 32 heavy (non-hydrogen) atoms. The standard InChI is InChI=1S/C23H28N4O4S/c1-4-23(18-10-6-5-7-11-18)21(28)27(22(29)24-23)16-26-14-8-9-17-15-19(12-13-20(17)26)32(30,31)25(2)3/h5-7,10-13,15H,4,8-9,14,16H2,1-3H3,(H,24,29)/t23-/m1/s1. The highest BCUT2D eigenvalue weighted by Gasteiger charge is 2.51. The summed E-state index contributed by atoms with van der Waals surface area (Å²) in [7, 11) is -0.520. The lowest BCUT2D eigenvalue weighted by molar-refractivity contribution is -0.131. The average molecular weight is 457 g/mol. The van der Waals surface area contributed by atoms with Gasteiger partial charge in [0.1, 0.15) is 12.2 Å². The van der Waals surface area contributed by atoms with Crippen LogP contribution in [0.2, 0.25) is 0 Å². The lowest BCUT2D eigenvalue weighted by Gasteiger charge is -2.34. The maximum Gasteiger partial charge on any atom is 0.326 e. The highest BCUT2D eigenvalue weighted by atomic mass is 32.2. The summed E-state index contributed by atoms with van der Waals surface area (Å²) in [5.41, 5.74) is 1.45. The number of carbonyl (C=O) groups is 2. The number of hydrogen-bond donors (Lipinski definition) is 1. The van der Waals surface area contributed by atoms with Crippen molar-refractivity contribution in [2.45, 2.75) is 36.6 Å². The van der Waals surface area contributed by atoms with Gasteiger partial charge in [0.05, 0.1) is 4.90 Å². The van der Waals surface area contributed by atoms with Crippen LogP contribution < -0.4 is 10.2 Å². The molecule has 9 heteroatoms. The number of aryl methyl sites for hydroxylation is 1. The quantitative estimate of drug-likeness (QED) is 0.675. The van der Waals surface area contributed by atoms with Crippen LogP contribution in [-0.4, -0.2) is 56.9 Å². The molecule has 0 spiro atoms. The number of nitrogens with zero attached hydrogens (tertiary/aromatic N) is 3. The van der Waals surface area contributed by atoms with Crippen LogP contribution in [0.15, 0.2) is 53.4 Å². The Hall–Kier alpha value is -2.91. The SMILES string of the molecule is CC[C@]1(c2ccccc2)NC(=O)N(CN2CCCc3cc(S(=O)(=O)N(C)C)ccc32)C1=O. The number of urea groups is 1. The van der Waals surface area contributed by atoms with Crippen LogP contribution in [0.25, 0.3) is 0 Å². The summed E-state index contributed by atoms with van der Waals surface area (Å²) in [5.74, 6) is -0.268. The average Bonchev–Trinajstić information content (AvgIpc) is 3.04. The number of hydrogen-bond acceptors (Lipinski definition) is 5. The van der Waals surface area contributed by atoms with Crippen molar-refractivity contribution in [1.82, 2.24) is 14.5 Å². The molecule has 2 aromatic carbocycles. The number of nitrogens with one attached hydrogen (secondary N) is 1. The van der Waals surface area contributed by atoms with Gasteiger partial charge in [-0.15, -0.1) is 0 Å². The number of carbonyl (C=O) groups excluding carboxylic acids is 2. The fourth-order valence-corrected chi connectivity index (χ4v) is 5.41. The molecule has 2 aliphatic heterocycles. The van der Waals surface area contributed by atoms with Gasteiger partial charge in [0.15, 0.2) is 0 Å². The second-order valence-electron chi connectivity index (χ2n) is 8.37. The van der Waals surface area contributed by atoms with E-state index in [0.29, 0.717) is 13.0 Å². The van der Waals surface area contributed by atoms with Crippen molar-refractivity contribution in [3.8, 4) is 0 Å². The molecule has 0 aliphatic carbocycles. The predicted molar refractivity (Wildman–Crippen MR) is 122 cm³/mol. The lowest BCUT2D eigenvalue weighted by Crippen LogP contribution is -2.46. The van der Waals surface area contributed by atoms with Crippen molar-refractivity contribution in [3.05, 3.63) is 59.7 Å². The molecule has 2 heterocycles. The smallest absolute Gasteiger partial charge is 0.326 e. The van der Waals surface area contributed by atoms with Gasteiger partial charge >= 0.3 is 6.03 Å². The van der Waals surface area contributed by atoms with Gasteiger partial charge in [-0.25, -0.2) is 22.4 Å². The first-order valence-corrected chi connectivity index (χ1v) is 12.1. The molecule has 1 fully saturated rings. The zero-order valence-corrected chi connectivity index (χ0v) is 19.4. The van der Waals surface area contributed by atoms with Gasteiger partial charge in [-0.3, -0.25) is 4.79 Å². The molecule has 170 valence electrons. The zero-order valence-electron chi connectivity index (χ0n) is 18.5. The van der Waals surface area contributed by atoms with Crippen LogP contribution in [0.4, 0.5) is 10.5 Å². The number of rotatable bonds is 6. The van der Waals surface area contributed by atoms with Crippen molar-refractivity contribution >= 4 is 27.6 Å². The largest absolute Gasteiger partial charge is 0.353 e. The number of sulfonamides is 1. The Labute approximate surface area is 188 Å². The van der Waals surface area contributed by atoms with Crippen LogP contribution in [0, 0.1) is 0 Å². The monoisotopic (exact) mass is 456 g/mol. The van der Waals surface area contributed by atoms with E-state index < -0.39 is 21.6 Å². The van der Waals surface area contributed by atoms with Crippen molar-refractivity contribution in [3.63, 3.8) is 0 Å². The number of imide groups is 1. The Morgan fingerprint density at radius 2 is 1.81 bits per heavy atom. The van der Waals surface area contributed by atoms with Crippen molar-refractivity contribution in [2.75, 3.05) is 32.2 Å². The maximum absolute atomic E-state index is 13.4. The minimum absolute atomic E-state index is 0.117. The van der Waals surface area contributed by atoms with Crippen molar-refractivity contribution in [2.24, 2.45) is 0 Å². The summed E-state index contributed by atoms with van der Waals surface area (Å²) in [6.07, 6.45) is 1.99. The summed E-state index contributed by atoms with van der Waals surface area (Å²) in [5, 5.41) is 2.91. The van der Waals surface area contributed by atoms with Gasteiger partial charge in [-0.05, 0) is 48.6 Å². The van der Waals surface area contributed by atoms with Gasteiger partial charge in [-0.2, -0.15) is 0 Å². The molecule has 3 amide bonds. The summed E-state index contributed by atoms with van der Waals surface area (Å²) in [4.78, 5) is 29.8. The van der Waals surface area contributed by atoms with Gasteiger partial charge in [0.2, 0.25) is 10.0 Å². The molecular weight excluding hydrogens is 428 g/mol. The molecule has 4 rings (SSSR count). The van der Waals surface area contributed by atoms with E-state index in [1.807, 2.05) is 42.2 Å². The number of fused-ring (bicyclic) bond motifs is 1. The molecule has 1 saturated heterocycles. The molecule has 1 N–H and O–H groups in total. The second-order valence-corrected chi connectivity index (χ2v) is 10.5. The van der Waals surface area contributed by atoms with E-state index in [2.05, 4.69) is 5.32 Å². The van der Waals surface area contributed by atoms with Crippen LogP contribution >= 0.6 is 0 Å². The van der Waals surface area contributed by atoms with Crippen LogP contribution in [0.1, 0.15) is 30.9 Å². The van der Waals surface area contributed by atoms with Gasteiger partial charge in [0.25, 0.3) is 5.91 Å². The van der Waals surface area contributed by atoms with Gasteiger partial charge in [-0.1, -0.05) is 37.3 Å². The lowest BCUT2D eigenvalue weighted by atomic mass is 9.87. The second kappa shape index (κ2) is 8.22. The van der Waals surface area contributed by atoms with E-state index in [-0.39, 0.29) is 17.5 Å². The van der Waals surface area contributed by atoms with Crippen molar-refractivity contribution < 1.29 is 18.0 Å². The van der Waals surface area contributed by atoms with E-state index in [4.69, 9.17) is 0 Å². The van der Waals surface area contributed by atoms with E-state index in [0.717, 1.165) is 29.7 Å². The van der Waals surface area contributed by atoms with Crippen LogP contribution in [0.3, 0.4) is 0 Å². The van der Waals surface area contributed by atoms with E-state index >= 15 is 0 Å². The molecular formula is C23H28N4O4S. The highest BCUT2D eigenvalue weighted by molar-refractivity contribution is 7.89. The number of anilines is 1. The fraction of sp³-hybridized carbons (Fsp3) is 0.391. The Kier molecular flexibility index (Phi) is 5.72. The predicted octanol–water partition coefficient (Wildman–Crippen LogP) is 2.50. The maximum atomic E-state index is 13.4. The molecule has 8 nitrogen and oxygen atoms in total. The first-order chi connectivity index (χ1) is 15.2. The summed E-state index contributed by atoms with van der Waals surface area (Å²) >= 11 is 0. The Bertz CT molecular complexity index is 1150. The molecule has 0 unspecified atom stereocenters. The molecule has 2 aromatic rings. The minimum Gasteiger partial charge on any atom is -0.353 e. The Morgan fingerprint density at radius 3 is 2.47 bits per heavy atom. The first kappa shape index (κ1) is 22.3. The summed E-state index contributed by atoms with van der Waals surface area (Å²) < 4.78 is 26.2. The topological polar surface area (TPSA) is 90.0 Å². The normalized spacial score (nSPS) is 21.1. The number of benzene rings is 2. The molecule has 1 atom stereocenters. The molecule has 0 radical (unpaired) electrons. The third kappa shape index (κ3) is 3.55. The van der Waals surface area contributed by atoms with E-state index in [9.17, 15) is 18.0 Å². The van der Waals surface area contributed by atoms with Crippen LogP contribution in [0.5, 0.6) is 0 Å². The fourth-order valence-electron chi connectivity index (χ4n) is 4.46. The highest BCUT2D eigenvalue weighted by Crippen LogP contribution is 2.35. The molecule has 2 aliphatic rings. The third-order valence-electron chi connectivity index (χ3n) is 6.33. The van der Waals surface area contributed by atoms with Gasteiger partial charge < -0.3 is 10.2 Å². The summed E-state index contributed by atoms with van der Waals surface area (Å²) in [6, 6.07) is 13.9. The zero-order chi connectivity index (χ0) is 23.1. The van der Waals surface area contributed by atoms with Gasteiger partial charge in [0, 0.05) is 26.3 Å². The van der Waals surface area contributed by atoms with Crippen molar-refractivity contribution in [1.29, 1.82) is 0 Å².